The van der Waals surface area contributed by atoms with Gasteiger partial charge in [-0.1, -0.05) is 116 Å². The summed E-state index contributed by atoms with van der Waals surface area (Å²) in [5, 5.41) is 7.58. The van der Waals surface area contributed by atoms with Crippen LogP contribution in [0.4, 0.5) is 17.1 Å². The summed E-state index contributed by atoms with van der Waals surface area (Å²) in [4.78, 5) is 2.52. The Morgan fingerprint density at radius 3 is 1.55 bits per heavy atom. The first kappa shape index (κ1) is 31.9. The Morgan fingerprint density at radius 1 is 0.436 bits per heavy atom. The predicted octanol–water partition coefficient (Wildman–Crippen LogP) is 13.9. The maximum Gasteiger partial charge on any atom is 0.0543 e. The highest BCUT2D eigenvalue weighted by molar-refractivity contribution is 6.14. The molecule has 0 saturated carbocycles. The molecule has 0 atom stereocenters. The molecular formula is C52H41N3. The molecule has 11 rings (SSSR count). The molecule has 0 bridgehead atoms. The largest absolute Gasteiger partial charge is 0.344 e. The minimum Gasteiger partial charge on any atom is -0.344 e. The van der Waals surface area contributed by atoms with Crippen molar-refractivity contribution in [3.8, 4) is 22.3 Å². The van der Waals surface area contributed by atoms with Crippen molar-refractivity contribution >= 4 is 71.4 Å². The average Bonchev–Trinajstić information content (AvgIpc) is 3.76. The molecule has 3 nitrogen and oxygen atoms in total. The van der Waals surface area contributed by atoms with E-state index in [4.69, 9.17) is 0 Å². The highest BCUT2D eigenvalue weighted by atomic mass is 15.1. The van der Waals surface area contributed by atoms with Crippen LogP contribution in [0.25, 0.3) is 76.6 Å². The van der Waals surface area contributed by atoms with Crippen LogP contribution >= 0.6 is 0 Å². The SMILES string of the molecule is Cc1ccc(-c2ccc3c(c2)C(C)(C)c2cc(N(c4ccc5c(c4)c4ccccc4n5C)c4ccc5c(c4)c4ccccc4n5C)c4ccccc4c2-3)cc1. The number of hydrogen-bond donors (Lipinski definition) is 0. The molecule has 8 aromatic carbocycles. The molecule has 0 saturated heterocycles. The minimum atomic E-state index is -0.213. The van der Waals surface area contributed by atoms with E-state index in [1.165, 1.54) is 99.0 Å². The van der Waals surface area contributed by atoms with Crippen molar-refractivity contribution in [1.29, 1.82) is 0 Å². The average molecular weight is 708 g/mol. The van der Waals surface area contributed by atoms with Crippen LogP contribution < -0.4 is 4.90 Å². The van der Waals surface area contributed by atoms with Crippen molar-refractivity contribution in [3.63, 3.8) is 0 Å². The number of benzene rings is 8. The minimum absolute atomic E-state index is 0.213. The second kappa shape index (κ2) is 11.5. The summed E-state index contributed by atoms with van der Waals surface area (Å²) in [5.41, 5.74) is 17.4. The second-order valence-corrected chi connectivity index (χ2v) is 16.0. The molecule has 264 valence electrons. The van der Waals surface area contributed by atoms with Gasteiger partial charge >= 0.3 is 0 Å². The Balaban J connectivity index is 1.19. The van der Waals surface area contributed by atoms with Crippen molar-refractivity contribution < 1.29 is 0 Å². The predicted molar refractivity (Wildman–Crippen MR) is 234 cm³/mol. The highest BCUT2D eigenvalue weighted by Crippen LogP contribution is 2.55. The van der Waals surface area contributed by atoms with Gasteiger partial charge in [-0.05, 0) is 106 Å². The molecule has 0 unspecified atom stereocenters. The van der Waals surface area contributed by atoms with Crippen molar-refractivity contribution in [2.75, 3.05) is 4.90 Å². The van der Waals surface area contributed by atoms with E-state index < -0.39 is 0 Å². The molecule has 0 N–H and O–H groups in total. The summed E-state index contributed by atoms with van der Waals surface area (Å²) in [5.74, 6) is 0. The number of para-hydroxylation sites is 2. The van der Waals surface area contributed by atoms with Crippen molar-refractivity contribution in [1.82, 2.24) is 9.13 Å². The topological polar surface area (TPSA) is 13.1 Å². The van der Waals surface area contributed by atoms with Gasteiger partial charge in [0.2, 0.25) is 0 Å². The summed E-state index contributed by atoms with van der Waals surface area (Å²) < 4.78 is 4.63. The van der Waals surface area contributed by atoms with Gasteiger partial charge in [-0.25, -0.2) is 0 Å². The molecule has 3 heteroatoms. The second-order valence-electron chi connectivity index (χ2n) is 16.0. The number of aryl methyl sites for hydroxylation is 3. The van der Waals surface area contributed by atoms with Crippen molar-refractivity contribution in [3.05, 3.63) is 174 Å². The zero-order valence-electron chi connectivity index (χ0n) is 31.9. The molecule has 0 amide bonds. The molecule has 0 radical (unpaired) electrons. The van der Waals surface area contributed by atoms with E-state index in [2.05, 4.69) is 207 Å². The molecule has 0 aliphatic heterocycles. The van der Waals surface area contributed by atoms with Crippen LogP contribution in [-0.4, -0.2) is 9.13 Å². The monoisotopic (exact) mass is 707 g/mol. The zero-order chi connectivity index (χ0) is 37.2. The third kappa shape index (κ3) is 4.50. The molecule has 0 spiro atoms. The van der Waals surface area contributed by atoms with Crippen LogP contribution in [0.15, 0.2) is 158 Å². The van der Waals surface area contributed by atoms with E-state index in [1.807, 2.05) is 0 Å². The molecule has 2 aromatic heterocycles. The summed E-state index contributed by atoms with van der Waals surface area (Å²) in [6.45, 7) is 6.96. The number of hydrogen-bond acceptors (Lipinski definition) is 1. The van der Waals surface area contributed by atoms with Crippen LogP contribution in [0.2, 0.25) is 0 Å². The fourth-order valence-corrected chi connectivity index (χ4v) is 9.69. The summed E-state index contributed by atoms with van der Waals surface area (Å²) in [7, 11) is 4.35. The molecule has 10 aromatic rings. The molecule has 1 aliphatic carbocycles. The van der Waals surface area contributed by atoms with Crippen LogP contribution in [0, 0.1) is 6.92 Å². The lowest BCUT2D eigenvalue weighted by atomic mass is 9.81. The van der Waals surface area contributed by atoms with Gasteiger partial charge in [-0.15, -0.1) is 0 Å². The molecule has 1 aliphatic rings. The van der Waals surface area contributed by atoms with Crippen molar-refractivity contribution in [2.24, 2.45) is 14.1 Å². The summed E-state index contributed by atoms with van der Waals surface area (Å²) >= 11 is 0. The van der Waals surface area contributed by atoms with E-state index in [1.54, 1.807) is 0 Å². The fourth-order valence-electron chi connectivity index (χ4n) is 9.69. The first-order valence-corrected chi connectivity index (χ1v) is 19.3. The van der Waals surface area contributed by atoms with Crippen LogP contribution in [-0.2, 0) is 19.5 Å². The lowest BCUT2D eigenvalue weighted by molar-refractivity contribution is 0.661. The summed E-state index contributed by atoms with van der Waals surface area (Å²) in [6.07, 6.45) is 0. The van der Waals surface area contributed by atoms with Crippen LogP contribution in [0.3, 0.4) is 0 Å². The fraction of sp³-hybridized carbons (Fsp3) is 0.115. The van der Waals surface area contributed by atoms with E-state index >= 15 is 0 Å². The third-order valence-corrected chi connectivity index (χ3v) is 12.6. The van der Waals surface area contributed by atoms with Gasteiger partial charge in [0.25, 0.3) is 0 Å². The standard InChI is InChI=1S/C52H41N3/c1-32-18-20-33(21-19-32)34-22-25-41-44(28-34)52(2,3)45-31-50(37-12-6-7-15-40(37)51(41)45)55(35-23-26-48-42(29-35)38-13-8-10-16-46(38)53(48)4)36-24-27-49-43(30-36)39-14-9-11-17-47(39)54(49)5/h6-31H,1-5H3. The lowest BCUT2D eigenvalue weighted by Gasteiger charge is -2.30. The number of rotatable bonds is 4. The highest BCUT2D eigenvalue weighted by Gasteiger charge is 2.38. The van der Waals surface area contributed by atoms with E-state index in [0.29, 0.717) is 0 Å². The van der Waals surface area contributed by atoms with Gasteiger partial charge in [0, 0.05) is 79.9 Å². The Labute approximate surface area is 321 Å². The maximum atomic E-state index is 2.52. The van der Waals surface area contributed by atoms with Crippen LogP contribution in [0.1, 0.15) is 30.5 Å². The van der Waals surface area contributed by atoms with Gasteiger partial charge in [-0.2, -0.15) is 0 Å². The normalized spacial score (nSPS) is 13.3. The number of fused-ring (bicyclic) bond motifs is 11. The van der Waals surface area contributed by atoms with E-state index in [0.717, 1.165) is 11.4 Å². The Hall–Kier alpha value is -6.58. The van der Waals surface area contributed by atoms with E-state index in [9.17, 15) is 0 Å². The molecule has 55 heavy (non-hydrogen) atoms. The Bertz CT molecular complexity index is 3090. The maximum absolute atomic E-state index is 2.52. The molecular weight excluding hydrogens is 667 g/mol. The lowest BCUT2D eigenvalue weighted by Crippen LogP contribution is -2.17. The zero-order valence-corrected chi connectivity index (χ0v) is 31.9. The number of nitrogens with zero attached hydrogens (tertiary/aromatic N) is 3. The summed E-state index contributed by atoms with van der Waals surface area (Å²) in [6, 6.07) is 59.1. The quantitative estimate of drug-likeness (QED) is 0.177. The first-order valence-electron chi connectivity index (χ1n) is 19.3. The number of anilines is 3. The Kier molecular flexibility index (Phi) is 6.65. The van der Waals surface area contributed by atoms with Gasteiger partial charge in [-0.3, -0.25) is 0 Å². The molecule has 0 fully saturated rings. The van der Waals surface area contributed by atoms with Crippen LogP contribution in [0.5, 0.6) is 0 Å². The van der Waals surface area contributed by atoms with E-state index in [-0.39, 0.29) is 5.41 Å². The van der Waals surface area contributed by atoms with Gasteiger partial charge < -0.3 is 14.0 Å². The molecule has 2 heterocycles. The van der Waals surface area contributed by atoms with Gasteiger partial charge in [0.15, 0.2) is 0 Å². The smallest absolute Gasteiger partial charge is 0.0543 e. The van der Waals surface area contributed by atoms with Gasteiger partial charge in [0.1, 0.15) is 0 Å². The first-order chi connectivity index (χ1) is 26.8. The van der Waals surface area contributed by atoms with Gasteiger partial charge in [0.05, 0.1) is 5.69 Å². The Morgan fingerprint density at radius 2 is 0.945 bits per heavy atom. The number of aromatic nitrogens is 2. The third-order valence-electron chi connectivity index (χ3n) is 12.6. The van der Waals surface area contributed by atoms with Crippen molar-refractivity contribution in [2.45, 2.75) is 26.2 Å².